The van der Waals surface area contributed by atoms with E-state index >= 15 is 0 Å². The Balaban J connectivity index is 1.42. The molecule has 19 unspecified atom stereocenters. The van der Waals surface area contributed by atoms with Gasteiger partial charge in [0.25, 0.3) is 0 Å². The summed E-state index contributed by atoms with van der Waals surface area (Å²) in [6, 6.07) is -2.14. The highest BCUT2D eigenvalue weighted by atomic mass is 16.7. The topological polar surface area (TPSA) is 301 Å². The molecule has 18 heteroatoms. The molecular weight excluding hydrogens is 610 g/mol. The molecule has 3 aliphatic heterocycles. The minimum atomic E-state index is -1.87. The Hall–Kier alpha value is -0.980. The van der Waals surface area contributed by atoms with Gasteiger partial charge in [-0.1, -0.05) is 13.0 Å². The van der Waals surface area contributed by atoms with Gasteiger partial charge in [0.15, 0.2) is 12.6 Å². The Morgan fingerprint density at radius 3 is 1.73 bits per heavy atom. The minimum Gasteiger partial charge on any atom is -0.394 e. The third kappa shape index (κ3) is 7.38. The summed E-state index contributed by atoms with van der Waals surface area (Å²) in [5.74, 6) is 0. The Labute approximate surface area is 258 Å². The van der Waals surface area contributed by atoms with Gasteiger partial charge in [-0.25, -0.2) is 0 Å². The van der Waals surface area contributed by atoms with E-state index in [9.17, 15) is 61.3 Å². The van der Waals surface area contributed by atoms with Crippen molar-refractivity contribution in [2.24, 2.45) is 0 Å². The van der Waals surface area contributed by atoms with Crippen LogP contribution in [0, 0.1) is 0 Å². The second-order valence-electron chi connectivity index (χ2n) is 11.9. The molecule has 0 aromatic rings. The lowest BCUT2D eigenvalue weighted by Gasteiger charge is -2.49. The Morgan fingerprint density at radius 2 is 1.18 bits per heavy atom. The van der Waals surface area contributed by atoms with Crippen molar-refractivity contribution in [1.82, 2.24) is 5.32 Å². The molecule has 19 atom stereocenters. The van der Waals surface area contributed by atoms with Crippen molar-refractivity contribution >= 4 is 0 Å². The summed E-state index contributed by atoms with van der Waals surface area (Å²) in [4.78, 5) is 0. The van der Waals surface area contributed by atoms with Crippen molar-refractivity contribution in [3.8, 4) is 0 Å². The summed E-state index contributed by atoms with van der Waals surface area (Å²) >= 11 is 0. The van der Waals surface area contributed by atoms with E-state index in [1.807, 2.05) is 0 Å². The fraction of sp³-hybridized carbons (Fsp3) is 0.926. The summed E-state index contributed by atoms with van der Waals surface area (Å²) in [5, 5.41) is 127. The second-order valence-corrected chi connectivity index (χ2v) is 11.9. The van der Waals surface area contributed by atoms with Crippen LogP contribution in [0.4, 0.5) is 0 Å². The predicted octanol–water partition coefficient (Wildman–Crippen LogP) is -7.10. The number of ether oxygens (including phenoxy) is 5. The maximum atomic E-state index is 11.0. The van der Waals surface area contributed by atoms with E-state index in [2.05, 4.69) is 5.32 Å². The zero-order valence-corrected chi connectivity index (χ0v) is 24.8. The summed E-state index contributed by atoms with van der Waals surface area (Å²) in [6.07, 6.45) is -23.7. The molecule has 0 saturated carbocycles. The van der Waals surface area contributed by atoms with Crippen LogP contribution >= 0.6 is 0 Å². The van der Waals surface area contributed by atoms with Gasteiger partial charge in [-0.2, -0.15) is 0 Å². The van der Waals surface area contributed by atoms with Gasteiger partial charge in [0.1, 0.15) is 79.4 Å². The molecule has 1 aliphatic carbocycles. The molecule has 4 aliphatic rings. The lowest BCUT2D eigenvalue weighted by atomic mass is 9.86. The van der Waals surface area contributed by atoms with E-state index in [1.54, 1.807) is 6.92 Å². The van der Waals surface area contributed by atoms with Gasteiger partial charge in [0, 0.05) is 0 Å². The largest absolute Gasteiger partial charge is 0.394 e. The van der Waals surface area contributed by atoms with Crippen LogP contribution in [-0.4, -0.2) is 197 Å². The maximum Gasteiger partial charge on any atom is 0.187 e. The first kappa shape index (κ1) is 36.8. The third-order valence-corrected chi connectivity index (χ3v) is 9.00. The number of aliphatic hydroxyl groups is 12. The van der Waals surface area contributed by atoms with E-state index < -0.39 is 136 Å². The highest BCUT2D eigenvalue weighted by Gasteiger charge is 2.53. The van der Waals surface area contributed by atoms with Crippen LogP contribution in [-0.2, 0) is 23.7 Å². The van der Waals surface area contributed by atoms with Gasteiger partial charge in [0.05, 0.1) is 44.1 Å². The van der Waals surface area contributed by atoms with Crippen LogP contribution in [0.25, 0.3) is 0 Å². The van der Waals surface area contributed by atoms with Gasteiger partial charge < -0.3 is 90.3 Å². The van der Waals surface area contributed by atoms with Crippen molar-refractivity contribution in [2.45, 2.75) is 136 Å². The quantitative estimate of drug-likeness (QED) is 0.0971. The van der Waals surface area contributed by atoms with E-state index in [0.29, 0.717) is 6.42 Å². The molecule has 0 radical (unpaired) electrons. The fourth-order valence-electron chi connectivity index (χ4n) is 6.25. The first-order valence-electron chi connectivity index (χ1n) is 15.0. The molecule has 4 rings (SSSR count). The predicted molar refractivity (Wildman–Crippen MR) is 146 cm³/mol. The lowest BCUT2D eigenvalue weighted by molar-refractivity contribution is -0.367. The molecule has 0 spiro atoms. The van der Waals surface area contributed by atoms with Crippen LogP contribution < -0.4 is 5.32 Å². The molecule has 3 fully saturated rings. The molecule has 0 aromatic heterocycles. The normalized spacial score (nSPS) is 51.2. The van der Waals surface area contributed by atoms with Crippen molar-refractivity contribution in [2.75, 3.05) is 19.8 Å². The molecular formula is C27H47NO17. The van der Waals surface area contributed by atoms with Crippen LogP contribution in [0.2, 0.25) is 0 Å². The number of rotatable bonds is 10. The molecule has 13 N–H and O–H groups in total. The molecule has 262 valence electrons. The van der Waals surface area contributed by atoms with Gasteiger partial charge in [-0.15, -0.1) is 0 Å². The zero-order chi connectivity index (χ0) is 33.3. The summed E-state index contributed by atoms with van der Waals surface area (Å²) in [6.45, 7) is 1.19. The zero-order valence-electron chi connectivity index (χ0n) is 24.8. The van der Waals surface area contributed by atoms with E-state index in [4.69, 9.17) is 23.7 Å². The average molecular weight is 658 g/mol. The molecule has 3 heterocycles. The van der Waals surface area contributed by atoms with E-state index in [-0.39, 0.29) is 5.57 Å². The van der Waals surface area contributed by atoms with Crippen LogP contribution in [0.1, 0.15) is 20.3 Å². The Bertz CT molecular complexity index is 974. The third-order valence-electron chi connectivity index (χ3n) is 9.00. The smallest absolute Gasteiger partial charge is 0.187 e. The Morgan fingerprint density at radius 1 is 0.644 bits per heavy atom. The summed E-state index contributed by atoms with van der Waals surface area (Å²) < 4.78 is 28.3. The first-order chi connectivity index (χ1) is 21.3. The fourth-order valence-corrected chi connectivity index (χ4v) is 6.25. The standard InChI is InChI=1S/C27H47NO17/c1-3-11-17(34)20(37)24(12(6-30)42-11)45-27-23(40)21(38)25(13(7-31)43-27)44-26-22(39)18(35)14(8(2)41-26)28-10-4-9(5-29)15(32)19(36)16(10)33/h4,8,10-40H,3,5-7H2,1-2H3. The molecule has 0 amide bonds. The molecule has 18 nitrogen and oxygen atoms in total. The highest BCUT2D eigenvalue weighted by molar-refractivity contribution is 5.22. The Kier molecular flexibility index (Phi) is 12.7. The lowest BCUT2D eigenvalue weighted by Crippen LogP contribution is -2.68. The van der Waals surface area contributed by atoms with Gasteiger partial charge >= 0.3 is 0 Å². The van der Waals surface area contributed by atoms with Crippen molar-refractivity contribution < 1.29 is 85.0 Å². The molecule has 45 heavy (non-hydrogen) atoms. The van der Waals surface area contributed by atoms with Gasteiger partial charge in [-0.05, 0) is 18.9 Å². The minimum absolute atomic E-state index is 0.0341. The molecule has 0 aromatic carbocycles. The maximum absolute atomic E-state index is 11.0. The van der Waals surface area contributed by atoms with E-state index in [1.165, 1.54) is 13.0 Å². The van der Waals surface area contributed by atoms with E-state index in [0.717, 1.165) is 0 Å². The number of hydrogen-bond acceptors (Lipinski definition) is 18. The molecule has 3 saturated heterocycles. The number of nitrogens with one attached hydrogen (secondary N) is 1. The van der Waals surface area contributed by atoms with Crippen molar-refractivity contribution in [3.63, 3.8) is 0 Å². The van der Waals surface area contributed by atoms with Crippen LogP contribution in [0.5, 0.6) is 0 Å². The monoisotopic (exact) mass is 657 g/mol. The van der Waals surface area contributed by atoms with Gasteiger partial charge in [0.2, 0.25) is 0 Å². The number of aliphatic hydroxyl groups excluding tert-OH is 12. The number of hydrogen-bond donors (Lipinski definition) is 13. The average Bonchev–Trinajstić information content (AvgIpc) is 3.03. The summed E-state index contributed by atoms with van der Waals surface area (Å²) in [5.41, 5.74) is 0.0341. The van der Waals surface area contributed by atoms with Crippen molar-refractivity contribution in [1.29, 1.82) is 0 Å². The second kappa shape index (κ2) is 15.5. The molecule has 0 bridgehead atoms. The van der Waals surface area contributed by atoms with Crippen LogP contribution in [0.3, 0.4) is 0 Å². The van der Waals surface area contributed by atoms with Crippen LogP contribution in [0.15, 0.2) is 11.6 Å². The highest BCUT2D eigenvalue weighted by Crippen LogP contribution is 2.33. The summed E-state index contributed by atoms with van der Waals surface area (Å²) in [7, 11) is 0. The van der Waals surface area contributed by atoms with Gasteiger partial charge in [-0.3, -0.25) is 0 Å². The SMILES string of the molecule is CCC1OC(CO)C(OC2OC(CO)C(OC3OC(C)C(NC4C=C(CO)C(O)C(O)C4O)C(O)C3O)C(O)C2O)C(O)C1O. The van der Waals surface area contributed by atoms with Crippen molar-refractivity contribution in [3.05, 3.63) is 11.6 Å². The first-order valence-corrected chi connectivity index (χ1v) is 15.0.